The molecule has 1 saturated heterocycles. The molecule has 1 fully saturated rings. The van der Waals surface area contributed by atoms with Crippen molar-refractivity contribution in [2.45, 2.75) is 44.9 Å². The van der Waals surface area contributed by atoms with Gasteiger partial charge in [0.2, 0.25) is 5.91 Å². The van der Waals surface area contributed by atoms with E-state index in [1.807, 2.05) is 0 Å². The molecule has 0 spiro atoms. The van der Waals surface area contributed by atoms with Crippen molar-refractivity contribution in [3.63, 3.8) is 0 Å². The monoisotopic (exact) mass is 402 g/mol. The fraction of sp³-hybridized carbons (Fsp3) is 0.611. The molecule has 1 amide bonds. The van der Waals surface area contributed by atoms with Crippen LogP contribution in [0.5, 0.6) is 0 Å². The van der Waals surface area contributed by atoms with Crippen LogP contribution in [0.1, 0.15) is 45.1 Å². The highest BCUT2D eigenvalue weighted by atomic mass is 79.9. The third kappa shape index (κ3) is 6.82. The Morgan fingerprint density at radius 3 is 2.48 bits per heavy atom. The van der Waals surface area contributed by atoms with Gasteiger partial charge in [-0.1, -0.05) is 41.9 Å². The standard InChI is InChI=1S/C18H27BrN2O.ClH/c1-18(2,15-4-6-16(19)7-5-15)13-21-17(22)8-3-14-9-11-20-12-10-14;/h4-7,14,20H,3,8-13H2,1-2H3,(H,21,22);1H. The van der Waals surface area contributed by atoms with Gasteiger partial charge in [0, 0.05) is 22.9 Å². The van der Waals surface area contributed by atoms with Gasteiger partial charge < -0.3 is 10.6 Å². The minimum atomic E-state index is -0.0505. The van der Waals surface area contributed by atoms with Crippen LogP contribution in [0.25, 0.3) is 0 Å². The Balaban J connectivity index is 0.00000264. The lowest BCUT2D eigenvalue weighted by atomic mass is 9.84. The summed E-state index contributed by atoms with van der Waals surface area (Å²) in [5.74, 6) is 0.898. The second kappa shape index (κ2) is 9.65. The van der Waals surface area contributed by atoms with E-state index in [2.05, 4.69) is 64.7 Å². The molecule has 2 rings (SSSR count). The van der Waals surface area contributed by atoms with Crippen LogP contribution in [-0.4, -0.2) is 25.5 Å². The molecule has 0 aliphatic carbocycles. The van der Waals surface area contributed by atoms with Crippen LogP contribution in [0.2, 0.25) is 0 Å². The van der Waals surface area contributed by atoms with E-state index in [-0.39, 0.29) is 23.7 Å². The molecule has 5 heteroatoms. The molecule has 1 heterocycles. The van der Waals surface area contributed by atoms with Crippen molar-refractivity contribution < 1.29 is 4.79 Å². The number of benzene rings is 1. The van der Waals surface area contributed by atoms with Crippen molar-refractivity contribution in [2.24, 2.45) is 5.92 Å². The van der Waals surface area contributed by atoms with Crippen LogP contribution >= 0.6 is 28.3 Å². The summed E-state index contributed by atoms with van der Waals surface area (Å²) in [6.45, 7) is 7.22. The third-order valence-electron chi connectivity index (χ3n) is 4.59. The van der Waals surface area contributed by atoms with E-state index in [4.69, 9.17) is 0 Å². The van der Waals surface area contributed by atoms with Crippen molar-refractivity contribution in [1.29, 1.82) is 0 Å². The summed E-state index contributed by atoms with van der Waals surface area (Å²) in [5, 5.41) is 6.47. The highest BCUT2D eigenvalue weighted by Gasteiger charge is 2.21. The Morgan fingerprint density at radius 1 is 1.26 bits per heavy atom. The summed E-state index contributed by atoms with van der Waals surface area (Å²) in [4.78, 5) is 12.1. The van der Waals surface area contributed by atoms with Gasteiger partial charge in [-0.25, -0.2) is 0 Å². The van der Waals surface area contributed by atoms with Crippen LogP contribution in [0.3, 0.4) is 0 Å². The fourth-order valence-corrected chi connectivity index (χ4v) is 3.18. The highest BCUT2D eigenvalue weighted by Crippen LogP contribution is 2.24. The van der Waals surface area contributed by atoms with Gasteiger partial charge in [-0.3, -0.25) is 4.79 Å². The summed E-state index contributed by atoms with van der Waals surface area (Å²) in [6.07, 6.45) is 4.09. The minimum absolute atomic E-state index is 0. The van der Waals surface area contributed by atoms with Gasteiger partial charge in [-0.05, 0) is 56.0 Å². The zero-order valence-corrected chi connectivity index (χ0v) is 16.4. The maximum atomic E-state index is 12.1. The molecule has 130 valence electrons. The first kappa shape index (κ1) is 20.5. The number of piperidine rings is 1. The maximum absolute atomic E-state index is 12.1. The molecular weight excluding hydrogens is 376 g/mol. The molecule has 2 N–H and O–H groups in total. The topological polar surface area (TPSA) is 41.1 Å². The Morgan fingerprint density at radius 2 is 1.87 bits per heavy atom. The van der Waals surface area contributed by atoms with Crippen LogP contribution in [0.15, 0.2) is 28.7 Å². The first-order valence-corrected chi connectivity index (χ1v) is 9.00. The molecule has 0 aromatic heterocycles. The van der Waals surface area contributed by atoms with Crippen LogP contribution < -0.4 is 10.6 Å². The van der Waals surface area contributed by atoms with Gasteiger partial charge in [0.25, 0.3) is 0 Å². The Kier molecular flexibility index (Phi) is 8.59. The number of nitrogens with one attached hydrogen (secondary N) is 2. The summed E-state index contributed by atoms with van der Waals surface area (Å²) in [5.41, 5.74) is 1.19. The van der Waals surface area contributed by atoms with Gasteiger partial charge in [0.1, 0.15) is 0 Å². The molecule has 1 aromatic carbocycles. The summed E-state index contributed by atoms with van der Waals surface area (Å²) in [7, 11) is 0. The molecule has 0 bridgehead atoms. The Hall–Kier alpha value is -0.580. The predicted molar refractivity (Wildman–Crippen MR) is 102 cm³/mol. The molecule has 0 atom stereocenters. The van der Waals surface area contributed by atoms with Crippen LogP contribution in [0.4, 0.5) is 0 Å². The van der Waals surface area contributed by atoms with Gasteiger partial charge in [-0.2, -0.15) is 0 Å². The second-order valence-electron chi connectivity index (χ2n) is 6.90. The maximum Gasteiger partial charge on any atom is 0.220 e. The number of carbonyl (C=O) groups excluding carboxylic acids is 1. The van der Waals surface area contributed by atoms with E-state index in [1.165, 1.54) is 18.4 Å². The lowest BCUT2D eigenvalue weighted by Gasteiger charge is -2.26. The SMILES string of the molecule is CC(C)(CNC(=O)CCC1CCNCC1)c1ccc(Br)cc1.Cl. The molecular formula is C18H28BrClN2O. The van der Waals surface area contributed by atoms with Crippen LogP contribution in [-0.2, 0) is 10.2 Å². The smallest absolute Gasteiger partial charge is 0.220 e. The molecule has 23 heavy (non-hydrogen) atoms. The first-order chi connectivity index (χ1) is 10.5. The first-order valence-electron chi connectivity index (χ1n) is 8.21. The molecule has 1 aromatic rings. The van der Waals surface area contributed by atoms with E-state index in [9.17, 15) is 4.79 Å². The Labute approximate surface area is 154 Å². The van der Waals surface area contributed by atoms with Crippen molar-refractivity contribution in [1.82, 2.24) is 10.6 Å². The third-order valence-corrected chi connectivity index (χ3v) is 5.12. The van der Waals surface area contributed by atoms with E-state index in [0.717, 1.165) is 24.0 Å². The van der Waals surface area contributed by atoms with Crippen molar-refractivity contribution >= 4 is 34.2 Å². The second-order valence-corrected chi connectivity index (χ2v) is 7.82. The largest absolute Gasteiger partial charge is 0.355 e. The van der Waals surface area contributed by atoms with Gasteiger partial charge in [-0.15, -0.1) is 12.4 Å². The summed E-state index contributed by atoms with van der Waals surface area (Å²) in [6, 6.07) is 8.34. The van der Waals surface area contributed by atoms with Crippen molar-refractivity contribution in [2.75, 3.05) is 19.6 Å². The Bertz CT molecular complexity index is 484. The fourth-order valence-electron chi connectivity index (χ4n) is 2.92. The number of rotatable bonds is 6. The lowest BCUT2D eigenvalue weighted by Crippen LogP contribution is -2.37. The lowest BCUT2D eigenvalue weighted by molar-refractivity contribution is -0.121. The van der Waals surface area contributed by atoms with Crippen LogP contribution in [0, 0.1) is 5.92 Å². The molecule has 0 radical (unpaired) electrons. The van der Waals surface area contributed by atoms with Crippen molar-refractivity contribution in [3.8, 4) is 0 Å². The molecule has 1 aliphatic heterocycles. The van der Waals surface area contributed by atoms with E-state index >= 15 is 0 Å². The molecule has 0 unspecified atom stereocenters. The van der Waals surface area contributed by atoms with Crippen molar-refractivity contribution in [3.05, 3.63) is 34.3 Å². The summed E-state index contributed by atoms with van der Waals surface area (Å²) >= 11 is 3.46. The van der Waals surface area contributed by atoms with Gasteiger partial charge in [0.05, 0.1) is 0 Å². The summed E-state index contributed by atoms with van der Waals surface area (Å²) < 4.78 is 1.08. The normalized spacial score (nSPS) is 15.8. The molecule has 3 nitrogen and oxygen atoms in total. The molecule has 0 saturated carbocycles. The number of halogens is 2. The van der Waals surface area contributed by atoms with Gasteiger partial charge >= 0.3 is 0 Å². The average molecular weight is 404 g/mol. The van der Waals surface area contributed by atoms with E-state index in [0.29, 0.717) is 18.9 Å². The minimum Gasteiger partial charge on any atom is -0.355 e. The van der Waals surface area contributed by atoms with E-state index in [1.54, 1.807) is 0 Å². The molecule has 1 aliphatic rings. The number of hydrogen-bond donors (Lipinski definition) is 2. The number of amides is 1. The number of carbonyl (C=O) groups is 1. The van der Waals surface area contributed by atoms with E-state index < -0.39 is 0 Å². The zero-order chi connectivity index (χ0) is 16.0. The van der Waals surface area contributed by atoms with Gasteiger partial charge in [0.15, 0.2) is 0 Å². The quantitative estimate of drug-likeness (QED) is 0.752. The number of hydrogen-bond acceptors (Lipinski definition) is 2. The predicted octanol–water partition coefficient (Wildman–Crippen LogP) is 4.04. The average Bonchev–Trinajstić information content (AvgIpc) is 2.52. The zero-order valence-electron chi connectivity index (χ0n) is 14.0. The highest BCUT2D eigenvalue weighted by molar-refractivity contribution is 9.10.